The molecule has 1 N–H and O–H groups in total. The van der Waals surface area contributed by atoms with Crippen molar-refractivity contribution in [1.29, 1.82) is 0 Å². The van der Waals surface area contributed by atoms with Gasteiger partial charge < -0.3 is 15.1 Å². The van der Waals surface area contributed by atoms with Crippen molar-refractivity contribution in [3.63, 3.8) is 0 Å². The Morgan fingerprint density at radius 1 is 1.24 bits per heavy atom. The molecule has 3 aromatic heterocycles. The van der Waals surface area contributed by atoms with Gasteiger partial charge in [-0.15, -0.1) is 0 Å². The molecule has 1 atom stereocenters. The molecule has 3 aromatic rings. The third kappa shape index (κ3) is 4.03. The molecule has 5 heterocycles. The van der Waals surface area contributed by atoms with Gasteiger partial charge in [0.15, 0.2) is 5.82 Å². The number of carbonyl (C=O) groups is 1. The highest BCUT2D eigenvalue weighted by molar-refractivity contribution is 6.05. The SMILES string of the molecule is C[C@H]1C(=O)N2CCCc3nc(NCc4cnn(Cc5ccnc(C(F)(F)F)c5)c4)nc(c32)N1C. The minimum atomic E-state index is -4.49. The van der Waals surface area contributed by atoms with Crippen molar-refractivity contribution in [2.45, 2.75) is 45.1 Å². The molecule has 0 radical (unpaired) electrons. The number of aryl methyl sites for hydroxylation is 1. The zero-order valence-electron chi connectivity index (χ0n) is 18.7. The van der Waals surface area contributed by atoms with Gasteiger partial charge in [-0.25, -0.2) is 4.98 Å². The summed E-state index contributed by atoms with van der Waals surface area (Å²) in [7, 11) is 1.86. The molecule has 34 heavy (non-hydrogen) atoms. The number of aromatic nitrogens is 5. The van der Waals surface area contributed by atoms with Crippen LogP contribution in [0, 0.1) is 0 Å². The predicted octanol–water partition coefficient (Wildman–Crippen LogP) is 2.86. The topological polar surface area (TPSA) is 92.1 Å². The molecule has 2 aliphatic heterocycles. The Balaban J connectivity index is 1.30. The number of pyridine rings is 1. The van der Waals surface area contributed by atoms with Gasteiger partial charge in [-0.05, 0) is 37.5 Å². The van der Waals surface area contributed by atoms with E-state index < -0.39 is 11.9 Å². The first-order valence-electron chi connectivity index (χ1n) is 10.9. The fourth-order valence-electron chi connectivity index (χ4n) is 4.26. The van der Waals surface area contributed by atoms with Gasteiger partial charge in [-0.2, -0.15) is 23.3 Å². The largest absolute Gasteiger partial charge is 0.433 e. The molecule has 0 fully saturated rings. The number of carbonyl (C=O) groups excluding carboxylic acids is 1. The molecule has 0 spiro atoms. The quantitative estimate of drug-likeness (QED) is 0.611. The van der Waals surface area contributed by atoms with E-state index in [-0.39, 0.29) is 18.5 Å². The van der Waals surface area contributed by atoms with Crippen molar-refractivity contribution in [2.75, 3.05) is 28.7 Å². The van der Waals surface area contributed by atoms with Gasteiger partial charge in [-0.1, -0.05) is 0 Å². The number of nitrogens with one attached hydrogen (secondary N) is 1. The number of amides is 1. The maximum absolute atomic E-state index is 12.9. The van der Waals surface area contributed by atoms with Crippen LogP contribution in [0.4, 0.5) is 30.6 Å². The molecule has 2 aliphatic rings. The Morgan fingerprint density at radius 3 is 2.85 bits per heavy atom. The zero-order valence-corrected chi connectivity index (χ0v) is 18.7. The van der Waals surface area contributed by atoms with Gasteiger partial charge in [-0.3, -0.25) is 14.5 Å². The first kappa shape index (κ1) is 22.1. The monoisotopic (exact) mass is 472 g/mol. The van der Waals surface area contributed by atoms with Gasteiger partial charge in [0, 0.05) is 38.1 Å². The first-order valence-corrected chi connectivity index (χ1v) is 10.9. The predicted molar refractivity (Wildman–Crippen MR) is 118 cm³/mol. The molecule has 9 nitrogen and oxygen atoms in total. The average molecular weight is 472 g/mol. The lowest BCUT2D eigenvalue weighted by Gasteiger charge is -2.41. The van der Waals surface area contributed by atoms with Gasteiger partial charge in [0.05, 0.1) is 18.4 Å². The smallest absolute Gasteiger partial charge is 0.350 e. The van der Waals surface area contributed by atoms with Crippen molar-refractivity contribution in [3.8, 4) is 0 Å². The van der Waals surface area contributed by atoms with Crippen molar-refractivity contribution in [3.05, 3.63) is 53.2 Å². The fraction of sp³-hybridized carbons (Fsp3) is 0.409. The highest BCUT2D eigenvalue weighted by Gasteiger charge is 2.38. The number of alkyl halides is 3. The van der Waals surface area contributed by atoms with Gasteiger partial charge in [0.2, 0.25) is 11.9 Å². The summed E-state index contributed by atoms with van der Waals surface area (Å²) in [6.45, 7) is 3.12. The van der Waals surface area contributed by atoms with Gasteiger partial charge in [0.25, 0.3) is 0 Å². The van der Waals surface area contributed by atoms with Crippen LogP contribution in [0.2, 0.25) is 0 Å². The van der Waals surface area contributed by atoms with E-state index in [0.717, 1.165) is 47.9 Å². The summed E-state index contributed by atoms with van der Waals surface area (Å²) >= 11 is 0. The summed E-state index contributed by atoms with van der Waals surface area (Å²) in [5.74, 6) is 1.25. The van der Waals surface area contributed by atoms with Crippen LogP contribution in [-0.2, 0) is 30.5 Å². The highest BCUT2D eigenvalue weighted by Crippen LogP contribution is 2.39. The number of hydrogen-bond acceptors (Lipinski definition) is 7. The lowest BCUT2D eigenvalue weighted by molar-refractivity contribution is -0.141. The third-order valence-corrected chi connectivity index (χ3v) is 6.14. The van der Waals surface area contributed by atoms with Crippen LogP contribution in [0.3, 0.4) is 0 Å². The van der Waals surface area contributed by atoms with Gasteiger partial charge in [0.1, 0.15) is 17.4 Å². The highest BCUT2D eigenvalue weighted by atomic mass is 19.4. The second-order valence-corrected chi connectivity index (χ2v) is 8.49. The Labute approximate surface area is 193 Å². The van der Waals surface area contributed by atoms with Crippen LogP contribution in [0.15, 0.2) is 30.7 Å². The summed E-state index contributed by atoms with van der Waals surface area (Å²) in [5.41, 5.74) is 2.01. The summed E-state index contributed by atoms with van der Waals surface area (Å²) in [5, 5.41) is 7.46. The standard InChI is InChI=1S/C22H23F3N8O/c1-13-20(34)33-7-3-4-16-18(33)19(31(13)2)30-21(29-16)27-9-15-10-28-32(12-15)11-14-5-6-26-17(8-14)22(23,24)25/h5-6,8,10,12-13H,3-4,7,9,11H2,1-2H3,(H,27,29,30)/t13-/m0/s1. The van der Waals surface area contributed by atoms with Gasteiger partial charge >= 0.3 is 6.18 Å². The molecule has 1 amide bonds. The molecular formula is C22H23F3N8O. The lowest BCUT2D eigenvalue weighted by atomic mass is 10.0. The molecule has 0 bridgehead atoms. The minimum absolute atomic E-state index is 0.0595. The minimum Gasteiger partial charge on any atom is -0.350 e. The average Bonchev–Trinajstić information content (AvgIpc) is 3.26. The van der Waals surface area contributed by atoms with E-state index in [9.17, 15) is 18.0 Å². The van der Waals surface area contributed by atoms with E-state index in [1.165, 1.54) is 6.07 Å². The van der Waals surface area contributed by atoms with Crippen LogP contribution >= 0.6 is 0 Å². The van der Waals surface area contributed by atoms with E-state index in [4.69, 9.17) is 0 Å². The summed E-state index contributed by atoms with van der Waals surface area (Å²) in [6.07, 6.45) is 1.70. The van der Waals surface area contributed by atoms with Crippen molar-refractivity contribution in [1.82, 2.24) is 24.7 Å². The number of hydrogen-bond donors (Lipinski definition) is 1. The Morgan fingerprint density at radius 2 is 2.06 bits per heavy atom. The van der Waals surface area contributed by atoms with Crippen LogP contribution < -0.4 is 15.1 Å². The molecule has 0 aliphatic carbocycles. The molecule has 0 unspecified atom stereocenters. The maximum Gasteiger partial charge on any atom is 0.433 e. The number of anilines is 3. The summed E-state index contributed by atoms with van der Waals surface area (Å²) in [4.78, 5) is 29.0. The maximum atomic E-state index is 12.9. The lowest BCUT2D eigenvalue weighted by Crippen LogP contribution is -2.53. The Kier molecular flexibility index (Phi) is 5.37. The molecular weight excluding hydrogens is 449 g/mol. The molecule has 0 saturated carbocycles. The number of halogens is 3. The van der Waals surface area contributed by atoms with E-state index in [2.05, 4.69) is 25.4 Å². The molecule has 178 valence electrons. The Hall–Kier alpha value is -3.70. The number of rotatable bonds is 5. The van der Waals surface area contributed by atoms with Crippen LogP contribution in [-0.4, -0.2) is 50.3 Å². The van der Waals surface area contributed by atoms with Crippen LogP contribution in [0.5, 0.6) is 0 Å². The number of nitrogens with zero attached hydrogens (tertiary/aromatic N) is 7. The van der Waals surface area contributed by atoms with Crippen molar-refractivity contribution < 1.29 is 18.0 Å². The Bertz CT molecular complexity index is 1240. The normalized spacial score (nSPS) is 17.7. The van der Waals surface area contributed by atoms with Crippen LogP contribution in [0.25, 0.3) is 0 Å². The summed E-state index contributed by atoms with van der Waals surface area (Å²) < 4.78 is 40.3. The van der Waals surface area contributed by atoms with E-state index in [1.807, 2.05) is 18.9 Å². The molecule has 0 aromatic carbocycles. The zero-order chi connectivity index (χ0) is 24.0. The second-order valence-electron chi connectivity index (χ2n) is 8.49. The molecule has 5 rings (SSSR count). The van der Waals surface area contributed by atoms with Crippen LogP contribution in [0.1, 0.15) is 35.9 Å². The van der Waals surface area contributed by atoms with E-state index in [1.54, 1.807) is 22.0 Å². The molecule has 0 saturated heterocycles. The first-order chi connectivity index (χ1) is 16.2. The summed E-state index contributed by atoms with van der Waals surface area (Å²) in [6, 6.07) is 2.26. The second kappa shape index (κ2) is 8.26. The van der Waals surface area contributed by atoms with E-state index >= 15 is 0 Å². The molecule has 12 heteroatoms. The van der Waals surface area contributed by atoms with Crippen molar-refractivity contribution in [2.24, 2.45) is 0 Å². The fourth-order valence-corrected chi connectivity index (χ4v) is 4.26. The van der Waals surface area contributed by atoms with E-state index in [0.29, 0.717) is 24.6 Å². The van der Waals surface area contributed by atoms with Crippen molar-refractivity contribution >= 4 is 23.4 Å². The third-order valence-electron chi connectivity index (χ3n) is 6.14. The number of likely N-dealkylation sites (N-methyl/N-ethyl adjacent to an activating group) is 1.